The van der Waals surface area contributed by atoms with Gasteiger partial charge in [0.1, 0.15) is 0 Å². The van der Waals surface area contributed by atoms with Gasteiger partial charge in [-0.1, -0.05) is 6.07 Å². The summed E-state index contributed by atoms with van der Waals surface area (Å²) in [6.45, 7) is 2.75. The zero-order valence-corrected chi connectivity index (χ0v) is 10.5. The molecule has 0 aliphatic rings. The summed E-state index contributed by atoms with van der Waals surface area (Å²) in [5.41, 5.74) is 6.95. The molecule has 2 amide bonds. The first-order valence-corrected chi connectivity index (χ1v) is 5.55. The van der Waals surface area contributed by atoms with Crippen LogP contribution in [0.5, 0.6) is 0 Å². The SMILES string of the molecule is CC(CN(C)C)NC(=O)Nc1cccc(N)c1. The first-order chi connectivity index (χ1) is 7.97. The molecule has 0 saturated heterocycles. The number of urea groups is 1. The molecule has 17 heavy (non-hydrogen) atoms. The van der Waals surface area contributed by atoms with E-state index in [9.17, 15) is 4.79 Å². The Morgan fingerprint density at radius 1 is 1.47 bits per heavy atom. The molecule has 0 fully saturated rings. The van der Waals surface area contributed by atoms with Gasteiger partial charge >= 0.3 is 6.03 Å². The average molecular weight is 236 g/mol. The quantitative estimate of drug-likeness (QED) is 0.691. The molecule has 0 aliphatic carbocycles. The number of nitrogens with one attached hydrogen (secondary N) is 2. The molecule has 5 heteroatoms. The van der Waals surface area contributed by atoms with Crippen LogP contribution < -0.4 is 16.4 Å². The highest BCUT2D eigenvalue weighted by Gasteiger charge is 2.07. The van der Waals surface area contributed by atoms with Crippen molar-refractivity contribution in [3.8, 4) is 0 Å². The van der Waals surface area contributed by atoms with Crippen LogP contribution in [0.3, 0.4) is 0 Å². The van der Waals surface area contributed by atoms with E-state index in [0.29, 0.717) is 11.4 Å². The minimum atomic E-state index is -0.218. The summed E-state index contributed by atoms with van der Waals surface area (Å²) in [5, 5.41) is 5.58. The lowest BCUT2D eigenvalue weighted by molar-refractivity contribution is 0.245. The molecular formula is C12H20N4O. The van der Waals surface area contributed by atoms with E-state index in [0.717, 1.165) is 6.54 Å². The Balaban J connectivity index is 2.44. The van der Waals surface area contributed by atoms with Crippen molar-refractivity contribution in [2.24, 2.45) is 0 Å². The van der Waals surface area contributed by atoms with E-state index < -0.39 is 0 Å². The Morgan fingerprint density at radius 2 is 2.18 bits per heavy atom. The first-order valence-electron chi connectivity index (χ1n) is 5.55. The van der Waals surface area contributed by atoms with Gasteiger partial charge in [-0.2, -0.15) is 0 Å². The summed E-state index contributed by atoms with van der Waals surface area (Å²) < 4.78 is 0. The molecule has 0 spiro atoms. The summed E-state index contributed by atoms with van der Waals surface area (Å²) in [6.07, 6.45) is 0. The highest BCUT2D eigenvalue weighted by Crippen LogP contribution is 2.11. The molecule has 0 bridgehead atoms. The van der Waals surface area contributed by atoms with Crippen molar-refractivity contribution in [2.45, 2.75) is 13.0 Å². The van der Waals surface area contributed by atoms with Crippen LogP contribution in [0.15, 0.2) is 24.3 Å². The van der Waals surface area contributed by atoms with Gasteiger partial charge in [0.2, 0.25) is 0 Å². The van der Waals surface area contributed by atoms with Crippen LogP contribution in [0.2, 0.25) is 0 Å². The maximum absolute atomic E-state index is 11.6. The standard InChI is InChI=1S/C12H20N4O/c1-9(8-16(2)3)14-12(17)15-11-6-4-5-10(13)7-11/h4-7,9H,8,13H2,1-3H3,(H2,14,15,17). The molecule has 1 aromatic rings. The normalized spacial score (nSPS) is 12.2. The van der Waals surface area contributed by atoms with Gasteiger partial charge in [0, 0.05) is 24.0 Å². The number of nitrogens with zero attached hydrogens (tertiary/aromatic N) is 1. The van der Waals surface area contributed by atoms with Gasteiger partial charge in [0.05, 0.1) is 0 Å². The van der Waals surface area contributed by atoms with Gasteiger partial charge in [-0.3, -0.25) is 0 Å². The van der Waals surface area contributed by atoms with Crippen LogP contribution in [0.4, 0.5) is 16.2 Å². The molecule has 94 valence electrons. The van der Waals surface area contributed by atoms with Gasteiger partial charge < -0.3 is 21.3 Å². The number of amides is 2. The third kappa shape index (κ3) is 5.21. The Hall–Kier alpha value is -1.75. The molecule has 0 radical (unpaired) electrons. The molecule has 1 unspecified atom stereocenters. The van der Waals surface area contributed by atoms with Gasteiger partial charge in [-0.25, -0.2) is 4.79 Å². The van der Waals surface area contributed by atoms with E-state index in [1.54, 1.807) is 24.3 Å². The smallest absolute Gasteiger partial charge is 0.319 e. The van der Waals surface area contributed by atoms with E-state index in [2.05, 4.69) is 10.6 Å². The monoisotopic (exact) mass is 236 g/mol. The van der Waals surface area contributed by atoms with Crippen LogP contribution in [-0.2, 0) is 0 Å². The van der Waals surface area contributed by atoms with Crippen LogP contribution in [0.25, 0.3) is 0 Å². The Kier molecular flexibility index (Phi) is 4.78. The maximum atomic E-state index is 11.6. The largest absolute Gasteiger partial charge is 0.399 e. The number of rotatable bonds is 4. The van der Waals surface area contributed by atoms with Gasteiger partial charge in [0.15, 0.2) is 0 Å². The van der Waals surface area contributed by atoms with Crippen molar-refractivity contribution < 1.29 is 4.79 Å². The summed E-state index contributed by atoms with van der Waals surface area (Å²) >= 11 is 0. The molecule has 5 nitrogen and oxygen atoms in total. The number of hydrogen-bond acceptors (Lipinski definition) is 3. The van der Waals surface area contributed by atoms with Gasteiger partial charge in [-0.15, -0.1) is 0 Å². The van der Waals surface area contributed by atoms with Crippen molar-refractivity contribution in [1.29, 1.82) is 0 Å². The molecular weight excluding hydrogens is 216 g/mol. The maximum Gasteiger partial charge on any atom is 0.319 e. The number of carbonyl (C=O) groups is 1. The fourth-order valence-electron chi connectivity index (χ4n) is 1.60. The Morgan fingerprint density at radius 3 is 2.76 bits per heavy atom. The predicted molar refractivity (Wildman–Crippen MR) is 71.0 cm³/mol. The second kappa shape index (κ2) is 6.10. The topological polar surface area (TPSA) is 70.4 Å². The number of likely N-dealkylation sites (N-methyl/N-ethyl adjacent to an activating group) is 1. The van der Waals surface area contributed by atoms with Crippen LogP contribution in [0, 0.1) is 0 Å². The molecule has 0 aromatic heterocycles. The van der Waals surface area contributed by atoms with Gasteiger partial charge in [-0.05, 0) is 39.2 Å². The van der Waals surface area contributed by atoms with Crippen LogP contribution in [-0.4, -0.2) is 37.6 Å². The second-order valence-corrected chi connectivity index (χ2v) is 4.39. The lowest BCUT2D eigenvalue weighted by Gasteiger charge is -2.18. The molecule has 4 N–H and O–H groups in total. The molecule has 0 saturated carbocycles. The Labute approximate surface area is 102 Å². The molecule has 1 atom stereocenters. The van der Waals surface area contributed by atoms with Crippen LogP contribution in [0.1, 0.15) is 6.92 Å². The predicted octanol–water partition coefficient (Wildman–Crippen LogP) is 1.34. The minimum Gasteiger partial charge on any atom is -0.399 e. The summed E-state index contributed by atoms with van der Waals surface area (Å²) in [4.78, 5) is 13.7. The zero-order chi connectivity index (χ0) is 12.8. The van der Waals surface area contributed by atoms with E-state index >= 15 is 0 Å². The molecule has 0 heterocycles. The first kappa shape index (κ1) is 13.3. The number of nitrogens with two attached hydrogens (primary N) is 1. The third-order valence-electron chi connectivity index (χ3n) is 2.16. The lowest BCUT2D eigenvalue weighted by Crippen LogP contribution is -2.41. The summed E-state index contributed by atoms with van der Waals surface area (Å²) in [6, 6.07) is 6.96. The fourth-order valence-corrected chi connectivity index (χ4v) is 1.60. The average Bonchev–Trinajstić information content (AvgIpc) is 2.14. The van der Waals surface area contributed by atoms with E-state index in [-0.39, 0.29) is 12.1 Å². The van der Waals surface area contributed by atoms with Crippen LogP contribution >= 0.6 is 0 Å². The van der Waals surface area contributed by atoms with Crippen molar-refractivity contribution in [2.75, 3.05) is 31.7 Å². The third-order valence-corrected chi connectivity index (χ3v) is 2.16. The number of hydrogen-bond donors (Lipinski definition) is 3. The molecule has 0 aliphatic heterocycles. The second-order valence-electron chi connectivity index (χ2n) is 4.39. The number of carbonyl (C=O) groups excluding carboxylic acids is 1. The number of anilines is 2. The molecule has 1 rings (SSSR count). The number of benzene rings is 1. The fraction of sp³-hybridized carbons (Fsp3) is 0.417. The highest BCUT2D eigenvalue weighted by molar-refractivity contribution is 5.89. The van der Waals surface area contributed by atoms with Crippen molar-refractivity contribution in [1.82, 2.24) is 10.2 Å². The zero-order valence-electron chi connectivity index (χ0n) is 10.5. The summed E-state index contributed by atoms with van der Waals surface area (Å²) in [5.74, 6) is 0. The van der Waals surface area contributed by atoms with Crippen molar-refractivity contribution >= 4 is 17.4 Å². The van der Waals surface area contributed by atoms with Crippen molar-refractivity contribution in [3.05, 3.63) is 24.3 Å². The van der Waals surface area contributed by atoms with E-state index in [1.807, 2.05) is 25.9 Å². The number of nitrogen functional groups attached to an aromatic ring is 1. The van der Waals surface area contributed by atoms with E-state index in [4.69, 9.17) is 5.73 Å². The van der Waals surface area contributed by atoms with E-state index in [1.165, 1.54) is 0 Å². The summed E-state index contributed by atoms with van der Waals surface area (Å²) in [7, 11) is 3.93. The molecule has 1 aromatic carbocycles. The van der Waals surface area contributed by atoms with Crippen molar-refractivity contribution in [3.63, 3.8) is 0 Å². The minimum absolute atomic E-state index is 0.0889. The highest BCUT2D eigenvalue weighted by atomic mass is 16.2. The Bertz CT molecular complexity index is 379. The van der Waals surface area contributed by atoms with Gasteiger partial charge in [0.25, 0.3) is 0 Å². The lowest BCUT2D eigenvalue weighted by atomic mass is 10.3.